The van der Waals surface area contributed by atoms with E-state index < -0.39 is 11.8 Å². The predicted molar refractivity (Wildman–Crippen MR) is 141 cm³/mol. The Morgan fingerprint density at radius 2 is 1.75 bits per heavy atom. The maximum atomic E-state index is 13.1. The number of nitrogens with one attached hydrogen (secondary N) is 2. The van der Waals surface area contributed by atoms with Crippen LogP contribution in [0.1, 0.15) is 11.1 Å². The molecule has 3 aromatic rings. The first kappa shape index (κ1) is 24.6. The Morgan fingerprint density at radius 3 is 2.44 bits per heavy atom. The Labute approximate surface area is 213 Å². The van der Waals surface area contributed by atoms with E-state index in [-0.39, 0.29) is 23.2 Å². The number of ether oxygens (including phenoxy) is 2. The van der Waals surface area contributed by atoms with Crippen molar-refractivity contribution in [1.29, 1.82) is 0 Å². The molecule has 0 spiro atoms. The summed E-state index contributed by atoms with van der Waals surface area (Å²) < 4.78 is 11.0. The Hall–Kier alpha value is -4.50. The Balaban J connectivity index is 1.49. The second kappa shape index (κ2) is 10.8. The lowest BCUT2D eigenvalue weighted by Gasteiger charge is -2.28. The number of aryl methyl sites for hydroxylation is 1. The maximum Gasteiger partial charge on any atom is 0.270 e. The highest BCUT2D eigenvalue weighted by Crippen LogP contribution is 2.30. The van der Waals surface area contributed by atoms with Crippen LogP contribution in [-0.2, 0) is 14.4 Å². The first-order chi connectivity index (χ1) is 17.4. The highest BCUT2D eigenvalue weighted by Gasteiger charge is 2.34. The molecule has 1 fully saturated rings. The van der Waals surface area contributed by atoms with Crippen LogP contribution in [0.2, 0.25) is 0 Å². The second-order valence-electron chi connectivity index (χ2n) is 7.91. The van der Waals surface area contributed by atoms with E-state index in [0.29, 0.717) is 28.4 Å². The van der Waals surface area contributed by atoms with Crippen LogP contribution in [0.3, 0.4) is 0 Å². The van der Waals surface area contributed by atoms with Crippen molar-refractivity contribution in [2.75, 3.05) is 23.9 Å². The van der Waals surface area contributed by atoms with E-state index in [4.69, 9.17) is 21.7 Å². The van der Waals surface area contributed by atoms with E-state index in [1.54, 1.807) is 42.5 Å². The fourth-order valence-corrected chi connectivity index (χ4v) is 3.79. The van der Waals surface area contributed by atoms with Crippen LogP contribution < -0.4 is 25.0 Å². The van der Waals surface area contributed by atoms with Gasteiger partial charge >= 0.3 is 0 Å². The summed E-state index contributed by atoms with van der Waals surface area (Å²) in [6, 6.07) is 21.1. The molecule has 2 N–H and O–H groups in total. The van der Waals surface area contributed by atoms with Crippen molar-refractivity contribution < 1.29 is 23.9 Å². The number of benzene rings is 3. The van der Waals surface area contributed by atoms with E-state index in [1.165, 1.54) is 18.1 Å². The molecular weight excluding hydrogens is 478 g/mol. The summed E-state index contributed by atoms with van der Waals surface area (Å²) in [5.74, 6) is -0.781. The summed E-state index contributed by atoms with van der Waals surface area (Å²) in [5, 5.41) is 5.33. The molecule has 9 heteroatoms. The van der Waals surface area contributed by atoms with Crippen molar-refractivity contribution in [1.82, 2.24) is 5.32 Å². The van der Waals surface area contributed by atoms with Gasteiger partial charge in [-0.25, -0.2) is 0 Å². The smallest absolute Gasteiger partial charge is 0.270 e. The zero-order valence-electron chi connectivity index (χ0n) is 19.6. The van der Waals surface area contributed by atoms with E-state index in [9.17, 15) is 14.4 Å². The third-order valence-electron chi connectivity index (χ3n) is 5.31. The fraction of sp³-hybridized carbons (Fsp3) is 0.111. The largest absolute Gasteiger partial charge is 0.493 e. The molecular formula is C27H23N3O5S. The first-order valence-electron chi connectivity index (χ1n) is 11.0. The fourth-order valence-electron chi connectivity index (χ4n) is 3.51. The molecule has 0 radical (unpaired) electrons. The summed E-state index contributed by atoms with van der Waals surface area (Å²) in [4.78, 5) is 39.2. The standard InChI is InChI=1S/C27H23N3O5S/c1-17-8-11-19(12-9-17)28-24(31)16-35-22-13-10-18(15-23(22)34-2)14-21-25(32)29-27(36)30(26(21)33)20-6-4-3-5-7-20/h3-15H,16H2,1-2H3,(H,28,31)(H,29,32,36)/b21-14-. The quantitative estimate of drug-likeness (QED) is 0.290. The molecule has 0 aromatic heterocycles. The number of anilines is 2. The molecule has 0 saturated carbocycles. The van der Waals surface area contributed by atoms with Crippen LogP contribution in [0, 0.1) is 6.92 Å². The number of hydrogen-bond acceptors (Lipinski definition) is 6. The summed E-state index contributed by atoms with van der Waals surface area (Å²) >= 11 is 5.21. The molecule has 36 heavy (non-hydrogen) atoms. The summed E-state index contributed by atoms with van der Waals surface area (Å²) in [5.41, 5.74) is 2.75. The topological polar surface area (TPSA) is 97.0 Å². The first-order valence-corrected chi connectivity index (χ1v) is 11.4. The third kappa shape index (κ3) is 5.59. The molecule has 3 amide bonds. The van der Waals surface area contributed by atoms with Crippen molar-refractivity contribution in [2.24, 2.45) is 0 Å². The zero-order chi connectivity index (χ0) is 25.7. The average molecular weight is 502 g/mol. The highest BCUT2D eigenvalue weighted by atomic mass is 32.1. The lowest BCUT2D eigenvalue weighted by molar-refractivity contribution is -0.122. The predicted octanol–water partition coefficient (Wildman–Crippen LogP) is 3.85. The average Bonchev–Trinajstić information content (AvgIpc) is 2.87. The van der Waals surface area contributed by atoms with Gasteiger partial charge in [0.1, 0.15) is 5.57 Å². The number of amides is 3. The number of para-hydroxylation sites is 1. The van der Waals surface area contributed by atoms with Crippen molar-refractivity contribution in [3.63, 3.8) is 0 Å². The van der Waals surface area contributed by atoms with Crippen LogP contribution in [0.15, 0.2) is 78.4 Å². The van der Waals surface area contributed by atoms with Gasteiger partial charge in [0.05, 0.1) is 12.8 Å². The second-order valence-corrected chi connectivity index (χ2v) is 8.29. The summed E-state index contributed by atoms with van der Waals surface area (Å²) in [7, 11) is 1.46. The molecule has 1 saturated heterocycles. The van der Waals surface area contributed by atoms with Gasteiger partial charge in [0, 0.05) is 5.69 Å². The minimum absolute atomic E-state index is 0.0126. The number of rotatable bonds is 7. The monoisotopic (exact) mass is 501 g/mol. The molecule has 182 valence electrons. The minimum Gasteiger partial charge on any atom is -0.493 e. The van der Waals surface area contributed by atoms with Gasteiger partial charge in [-0.3, -0.25) is 24.6 Å². The summed E-state index contributed by atoms with van der Waals surface area (Å²) in [6.45, 7) is 1.74. The van der Waals surface area contributed by atoms with Gasteiger partial charge in [-0.05, 0) is 67.2 Å². The van der Waals surface area contributed by atoms with E-state index in [2.05, 4.69) is 10.6 Å². The lowest BCUT2D eigenvalue weighted by atomic mass is 10.1. The number of thiocarbonyl (C=S) groups is 1. The number of carbonyl (C=O) groups excluding carboxylic acids is 3. The van der Waals surface area contributed by atoms with Crippen molar-refractivity contribution in [3.8, 4) is 11.5 Å². The molecule has 0 aliphatic carbocycles. The number of nitrogens with zero attached hydrogens (tertiary/aromatic N) is 1. The Kier molecular flexibility index (Phi) is 7.41. The molecule has 4 rings (SSSR count). The Bertz CT molecular complexity index is 1350. The van der Waals surface area contributed by atoms with Gasteiger partial charge < -0.3 is 14.8 Å². The van der Waals surface area contributed by atoms with Crippen LogP contribution >= 0.6 is 12.2 Å². The van der Waals surface area contributed by atoms with Gasteiger partial charge in [0.2, 0.25) is 0 Å². The molecule has 0 bridgehead atoms. The normalized spacial score (nSPS) is 14.4. The van der Waals surface area contributed by atoms with Crippen LogP contribution in [0.5, 0.6) is 11.5 Å². The van der Waals surface area contributed by atoms with E-state index >= 15 is 0 Å². The van der Waals surface area contributed by atoms with Gasteiger partial charge in [-0.15, -0.1) is 0 Å². The van der Waals surface area contributed by atoms with Crippen LogP contribution in [0.4, 0.5) is 11.4 Å². The molecule has 1 heterocycles. The van der Waals surface area contributed by atoms with Crippen LogP contribution in [0.25, 0.3) is 6.08 Å². The highest BCUT2D eigenvalue weighted by molar-refractivity contribution is 7.80. The van der Waals surface area contributed by atoms with Gasteiger partial charge in [0.25, 0.3) is 17.7 Å². The Morgan fingerprint density at radius 1 is 1.03 bits per heavy atom. The molecule has 0 atom stereocenters. The van der Waals surface area contributed by atoms with E-state index in [1.807, 2.05) is 37.3 Å². The third-order valence-corrected chi connectivity index (χ3v) is 5.59. The van der Waals surface area contributed by atoms with Crippen LogP contribution in [-0.4, -0.2) is 36.6 Å². The molecule has 3 aromatic carbocycles. The lowest BCUT2D eigenvalue weighted by Crippen LogP contribution is -2.54. The van der Waals surface area contributed by atoms with Gasteiger partial charge in [-0.2, -0.15) is 0 Å². The van der Waals surface area contributed by atoms with Crippen molar-refractivity contribution >= 4 is 52.5 Å². The number of hydrogen-bond donors (Lipinski definition) is 2. The number of carbonyl (C=O) groups is 3. The zero-order valence-corrected chi connectivity index (χ0v) is 20.4. The SMILES string of the molecule is COc1cc(/C=C2/C(=O)NC(=S)N(c3ccccc3)C2=O)ccc1OCC(=O)Nc1ccc(C)cc1. The molecule has 0 unspecified atom stereocenters. The van der Waals surface area contributed by atoms with Crippen molar-refractivity contribution in [3.05, 3.63) is 89.5 Å². The maximum absolute atomic E-state index is 13.1. The minimum atomic E-state index is -0.593. The molecule has 1 aliphatic heterocycles. The van der Waals surface area contributed by atoms with Crippen molar-refractivity contribution in [2.45, 2.75) is 6.92 Å². The van der Waals surface area contributed by atoms with Gasteiger partial charge in [0.15, 0.2) is 23.2 Å². The molecule has 1 aliphatic rings. The summed E-state index contributed by atoms with van der Waals surface area (Å²) in [6.07, 6.45) is 1.45. The molecule has 8 nitrogen and oxygen atoms in total. The van der Waals surface area contributed by atoms with Gasteiger partial charge in [-0.1, -0.05) is 42.0 Å². The van der Waals surface area contributed by atoms with E-state index in [0.717, 1.165) is 5.56 Å². The number of methoxy groups -OCH3 is 1.